The fourth-order valence-electron chi connectivity index (χ4n) is 3.20. The summed E-state index contributed by atoms with van der Waals surface area (Å²) in [5.41, 5.74) is 2.54. The van der Waals surface area contributed by atoms with Crippen LogP contribution in [0.25, 0.3) is 10.9 Å². The van der Waals surface area contributed by atoms with Gasteiger partial charge in [0.15, 0.2) is 0 Å². The molecule has 3 nitrogen and oxygen atoms in total. The molecule has 1 saturated heterocycles. The van der Waals surface area contributed by atoms with Crippen molar-refractivity contribution in [1.29, 1.82) is 0 Å². The van der Waals surface area contributed by atoms with Crippen LogP contribution in [0.1, 0.15) is 25.3 Å². The number of aromatic nitrogens is 1. The Morgan fingerprint density at radius 3 is 3.10 bits per heavy atom. The lowest BCUT2D eigenvalue weighted by Gasteiger charge is -2.23. The van der Waals surface area contributed by atoms with Crippen LogP contribution in [0.4, 0.5) is 0 Å². The molecule has 1 fully saturated rings. The van der Waals surface area contributed by atoms with E-state index >= 15 is 0 Å². The van der Waals surface area contributed by atoms with Gasteiger partial charge < -0.3 is 10.2 Å². The fraction of sp³-hybridized carbons (Fsp3) is 0.500. The predicted molar refractivity (Wildman–Crippen MR) is 88.6 cm³/mol. The van der Waals surface area contributed by atoms with Crippen LogP contribution in [-0.4, -0.2) is 42.1 Å². The molecule has 21 heavy (non-hydrogen) atoms. The largest absolute Gasteiger partial charge is 0.313 e. The number of pyridine rings is 1. The van der Waals surface area contributed by atoms with Gasteiger partial charge in [-0.1, -0.05) is 31.2 Å². The van der Waals surface area contributed by atoms with Crippen molar-refractivity contribution in [3.8, 4) is 0 Å². The van der Waals surface area contributed by atoms with Crippen LogP contribution >= 0.6 is 0 Å². The van der Waals surface area contributed by atoms with Crippen LogP contribution in [0.15, 0.2) is 36.5 Å². The molecule has 112 valence electrons. The van der Waals surface area contributed by atoms with Crippen LogP contribution in [0.2, 0.25) is 0 Å². The van der Waals surface area contributed by atoms with Gasteiger partial charge in [0, 0.05) is 30.7 Å². The highest BCUT2D eigenvalue weighted by Gasteiger charge is 2.16. The molecule has 2 heterocycles. The molecule has 1 unspecified atom stereocenters. The standard InChI is InChI=1S/C18H25N3/c1-2-17-14-21(12-5-11-19-17)13-9-16-7-3-6-15-8-4-10-20-18(15)16/h3-4,6-8,10,17,19H,2,5,9,11-14H2,1H3. The van der Waals surface area contributed by atoms with E-state index in [1.165, 1.54) is 42.4 Å². The molecule has 1 aliphatic heterocycles. The van der Waals surface area contributed by atoms with Crippen molar-refractivity contribution in [3.63, 3.8) is 0 Å². The molecular formula is C18H25N3. The number of fused-ring (bicyclic) bond motifs is 1. The molecule has 2 aromatic rings. The van der Waals surface area contributed by atoms with Crippen LogP contribution < -0.4 is 5.32 Å². The number of nitrogens with zero attached hydrogens (tertiary/aromatic N) is 2. The Balaban J connectivity index is 1.68. The molecule has 0 radical (unpaired) electrons. The van der Waals surface area contributed by atoms with E-state index in [2.05, 4.69) is 46.4 Å². The van der Waals surface area contributed by atoms with Gasteiger partial charge in [0.25, 0.3) is 0 Å². The molecule has 0 aliphatic carbocycles. The van der Waals surface area contributed by atoms with Crippen LogP contribution in [0.5, 0.6) is 0 Å². The summed E-state index contributed by atoms with van der Waals surface area (Å²) in [6, 6.07) is 11.3. The molecule has 0 amide bonds. The zero-order valence-electron chi connectivity index (χ0n) is 12.9. The predicted octanol–water partition coefficient (Wildman–Crippen LogP) is 2.85. The first-order valence-electron chi connectivity index (χ1n) is 8.15. The topological polar surface area (TPSA) is 28.2 Å². The number of nitrogens with one attached hydrogen (secondary N) is 1. The van der Waals surface area contributed by atoms with Gasteiger partial charge in [-0.15, -0.1) is 0 Å². The number of hydrogen-bond acceptors (Lipinski definition) is 3. The van der Waals surface area contributed by atoms with Crippen molar-refractivity contribution in [2.75, 3.05) is 26.2 Å². The number of hydrogen-bond donors (Lipinski definition) is 1. The van der Waals surface area contributed by atoms with Crippen molar-refractivity contribution in [2.45, 2.75) is 32.2 Å². The summed E-state index contributed by atoms with van der Waals surface area (Å²) in [5.74, 6) is 0. The van der Waals surface area contributed by atoms with Crippen molar-refractivity contribution >= 4 is 10.9 Å². The maximum atomic E-state index is 4.56. The highest BCUT2D eigenvalue weighted by molar-refractivity contribution is 5.81. The molecule has 3 rings (SSSR count). The molecule has 0 saturated carbocycles. The van der Waals surface area contributed by atoms with Gasteiger partial charge >= 0.3 is 0 Å². The maximum absolute atomic E-state index is 4.56. The molecule has 0 bridgehead atoms. The maximum Gasteiger partial charge on any atom is 0.0734 e. The van der Waals surface area contributed by atoms with E-state index in [4.69, 9.17) is 0 Å². The van der Waals surface area contributed by atoms with Crippen LogP contribution in [-0.2, 0) is 6.42 Å². The Kier molecular flexibility index (Phi) is 4.84. The van der Waals surface area contributed by atoms with E-state index in [-0.39, 0.29) is 0 Å². The third kappa shape index (κ3) is 3.60. The zero-order chi connectivity index (χ0) is 14.5. The van der Waals surface area contributed by atoms with Crippen molar-refractivity contribution in [1.82, 2.24) is 15.2 Å². The zero-order valence-corrected chi connectivity index (χ0v) is 12.9. The normalized spacial score (nSPS) is 20.5. The van der Waals surface area contributed by atoms with E-state index < -0.39 is 0 Å². The quantitative estimate of drug-likeness (QED) is 0.935. The Bertz CT molecular complexity index is 576. The summed E-state index contributed by atoms with van der Waals surface area (Å²) >= 11 is 0. The van der Waals surface area contributed by atoms with Crippen molar-refractivity contribution in [3.05, 3.63) is 42.1 Å². The lowest BCUT2D eigenvalue weighted by atomic mass is 10.1. The van der Waals surface area contributed by atoms with E-state index in [0.29, 0.717) is 6.04 Å². The summed E-state index contributed by atoms with van der Waals surface area (Å²) in [6.07, 6.45) is 5.45. The summed E-state index contributed by atoms with van der Waals surface area (Å²) in [4.78, 5) is 7.17. The monoisotopic (exact) mass is 283 g/mol. The SMILES string of the molecule is CCC1CN(CCc2cccc3cccnc23)CCCN1. The van der Waals surface area contributed by atoms with Crippen LogP contribution in [0.3, 0.4) is 0 Å². The molecular weight excluding hydrogens is 258 g/mol. The van der Waals surface area contributed by atoms with Crippen molar-refractivity contribution in [2.24, 2.45) is 0 Å². The minimum atomic E-state index is 0.651. The summed E-state index contributed by atoms with van der Waals surface area (Å²) in [6.45, 7) is 6.95. The van der Waals surface area contributed by atoms with E-state index in [1.54, 1.807) is 0 Å². The average molecular weight is 283 g/mol. The molecule has 1 aromatic heterocycles. The highest BCUT2D eigenvalue weighted by Crippen LogP contribution is 2.17. The average Bonchev–Trinajstić information content (AvgIpc) is 2.78. The number of benzene rings is 1. The van der Waals surface area contributed by atoms with Gasteiger partial charge in [-0.05, 0) is 44.0 Å². The lowest BCUT2D eigenvalue weighted by Crippen LogP contribution is -2.37. The Labute approximate surface area is 127 Å². The first-order valence-corrected chi connectivity index (χ1v) is 8.15. The Morgan fingerprint density at radius 2 is 2.19 bits per heavy atom. The smallest absolute Gasteiger partial charge is 0.0734 e. The Hall–Kier alpha value is -1.45. The molecule has 0 spiro atoms. The van der Waals surface area contributed by atoms with E-state index in [0.717, 1.165) is 19.5 Å². The molecule has 1 aromatic carbocycles. The molecule has 1 atom stereocenters. The van der Waals surface area contributed by atoms with Gasteiger partial charge in [-0.2, -0.15) is 0 Å². The second-order valence-corrected chi connectivity index (χ2v) is 5.96. The van der Waals surface area contributed by atoms with E-state index in [1.807, 2.05) is 12.3 Å². The first-order chi connectivity index (χ1) is 10.4. The first kappa shape index (κ1) is 14.5. The minimum Gasteiger partial charge on any atom is -0.313 e. The summed E-state index contributed by atoms with van der Waals surface area (Å²) < 4.78 is 0. The fourth-order valence-corrected chi connectivity index (χ4v) is 3.20. The second-order valence-electron chi connectivity index (χ2n) is 5.96. The van der Waals surface area contributed by atoms with Crippen molar-refractivity contribution < 1.29 is 0 Å². The minimum absolute atomic E-state index is 0.651. The van der Waals surface area contributed by atoms with Crippen LogP contribution in [0, 0.1) is 0 Å². The second kappa shape index (κ2) is 7.01. The van der Waals surface area contributed by atoms with Gasteiger partial charge in [0.1, 0.15) is 0 Å². The molecule has 1 aliphatic rings. The van der Waals surface area contributed by atoms with E-state index in [9.17, 15) is 0 Å². The lowest BCUT2D eigenvalue weighted by molar-refractivity contribution is 0.268. The van der Waals surface area contributed by atoms with Gasteiger partial charge in [0.2, 0.25) is 0 Å². The van der Waals surface area contributed by atoms with Gasteiger partial charge in [0.05, 0.1) is 5.52 Å². The number of para-hydroxylation sites is 1. The third-order valence-corrected chi connectivity index (χ3v) is 4.47. The third-order valence-electron chi connectivity index (χ3n) is 4.47. The number of rotatable bonds is 4. The molecule has 1 N–H and O–H groups in total. The molecule has 3 heteroatoms. The van der Waals surface area contributed by atoms with Gasteiger partial charge in [-0.25, -0.2) is 0 Å². The Morgan fingerprint density at radius 1 is 1.29 bits per heavy atom. The van der Waals surface area contributed by atoms with Gasteiger partial charge in [-0.3, -0.25) is 4.98 Å². The summed E-state index contributed by atoms with van der Waals surface area (Å²) in [5, 5.41) is 4.88. The highest BCUT2D eigenvalue weighted by atomic mass is 15.2. The summed E-state index contributed by atoms with van der Waals surface area (Å²) in [7, 11) is 0.